The van der Waals surface area contributed by atoms with Crippen LogP contribution >= 0.6 is 0 Å². The van der Waals surface area contributed by atoms with Crippen molar-refractivity contribution in [1.29, 1.82) is 0 Å². The lowest BCUT2D eigenvalue weighted by Crippen LogP contribution is -2.55. The van der Waals surface area contributed by atoms with E-state index in [2.05, 4.69) is 83.2 Å². The summed E-state index contributed by atoms with van der Waals surface area (Å²) in [6.07, 6.45) is 0. The lowest BCUT2D eigenvalue weighted by molar-refractivity contribution is 0.559. The van der Waals surface area contributed by atoms with E-state index in [0.29, 0.717) is 0 Å². The van der Waals surface area contributed by atoms with E-state index in [1.165, 1.54) is 0 Å². The first-order valence-corrected chi connectivity index (χ1v) is 20.7. The van der Waals surface area contributed by atoms with Gasteiger partial charge in [0, 0.05) is 0 Å². The Bertz CT molecular complexity index is 180. The molecule has 0 fully saturated rings. The van der Waals surface area contributed by atoms with Gasteiger partial charge in [-0.1, -0.05) is 39.3 Å². The summed E-state index contributed by atoms with van der Waals surface area (Å²) in [5, 5.41) is 0. The topological polar surface area (TPSA) is 21.3 Å². The average Bonchev–Trinajstić information content (AvgIpc) is 1.64. The average molecular weight is 324 g/mol. The van der Waals surface area contributed by atoms with Crippen LogP contribution in [0.15, 0.2) is 0 Å². The normalized spacial score (nSPS) is 14.0. The molecular formula is C12H37NOSi4. The van der Waals surface area contributed by atoms with Gasteiger partial charge < -0.3 is 8.76 Å². The number of nitrogens with one attached hydrogen (secondary N) is 1. The molecule has 2 nitrogen and oxygen atoms in total. The van der Waals surface area contributed by atoms with E-state index in [9.17, 15) is 0 Å². The summed E-state index contributed by atoms with van der Waals surface area (Å²) in [7, 11) is -4.42. The fourth-order valence-corrected chi connectivity index (χ4v) is 18.4. The minimum absolute atomic E-state index is 0.981. The Kier molecular flexibility index (Phi) is 8.19. The molecule has 0 saturated heterocycles. The maximum Gasteiger partial charge on any atom is 0.170 e. The first-order chi connectivity index (χ1) is 7.41. The van der Waals surface area contributed by atoms with Gasteiger partial charge in [0.25, 0.3) is 0 Å². The van der Waals surface area contributed by atoms with Gasteiger partial charge >= 0.3 is 0 Å². The molecule has 0 aromatic rings. The summed E-state index contributed by atoms with van der Waals surface area (Å²) >= 11 is 0. The maximum absolute atomic E-state index is 5.90. The lowest BCUT2D eigenvalue weighted by atomic mass is 11.8. The summed E-state index contributed by atoms with van der Waals surface area (Å²) in [4.78, 5) is 0. The number of hydrogen-bond acceptors (Lipinski definition) is 2. The van der Waals surface area contributed by atoms with E-state index >= 15 is 0 Å². The zero-order chi connectivity index (χ0) is 15.4. The largest absolute Gasteiger partial charge is 0.456 e. The van der Waals surface area contributed by atoms with Crippen LogP contribution in [-0.4, -0.2) is 33.1 Å². The van der Waals surface area contributed by atoms with Gasteiger partial charge in [0.1, 0.15) is 16.5 Å². The fourth-order valence-electron chi connectivity index (χ4n) is 2.04. The van der Waals surface area contributed by atoms with Crippen LogP contribution in [0.5, 0.6) is 0 Å². The third-order valence-corrected chi connectivity index (χ3v) is 12.3. The molecule has 0 amide bonds. The molecule has 0 heterocycles. The quantitative estimate of drug-likeness (QED) is 0.741. The Morgan fingerprint density at radius 2 is 0.722 bits per heavy atom. The number of rotatable bonds is 4. The second kappa shape index (κ2) is 6.99. The molecule has 0 aromatic heterocycles. The highest BCUT2D eigenvalue weighted by Crippen LogP contribution is 2.12. The Morgan fingerprint density at radius 1 is 0.500 bits per heavy atom. The van der Waals surface area contributed by atoms with Crippen molar-refractivity contribution in [2.24, 2.45) is 0 Å². The van der Waals surface area contributed by atoms with Crippen LogP contribution in [0.25, 0.3) is 0 Å². The second-order valence-corrected chi connectivity index (χ2v) is 28.2. The zero-order valence-corrected chi connectivity index (χ0v) is 18.9. The van der Waals surface area contributed by atoms with Crippen molar-refractivity contribution in [3.8, 4) is 0 Å². The highest BCUT2D eigenvalue weighted by Gasteiger charge is 2.24. The molecule has 0 bridgehead atoms. The molecule has 0 spiro atoms. The highest BCUT2D eigenvalue weighted by atomic mass is 28.4. The SMILES string of the molecule is C[Si](C)(C)N[Si](C)(C)C.C[Si](C)(C)O[Si](C)(C)C. The van der Waals surface area contributed by atoms with Gasteiger partial charge in [-0.05, 0) is 39.3 Å². The Morgan fingerprint density at radius 3 is 0.722 bits per heavy atom. The molecular weight excluding hydrogens is 286 g/mol. The van der Waals surface area contributed by atoms with Gasteiger partial charge in [0.15, 0.2) is 16.6 Å². The van der Waals surface area contributed by atoms with E-state index in [-0.39, 0.29) is 0 Å². The Balaban J connectivity index is 0. The van der Waals surface area contributed by atoms with Gasteiger partial charge in [0.05, 0.1) is 0 Å². The molecule has 1 N–H and O–H groups in total. The molecule has 0 aliphatic rings. The molecule has 0 saturated carbocycles. The van der Waals surface area contributed by atoms with Crippen molar-refractivity contribution in [1.82, 2.24) is 4.65 Å². The van der Waals surface area contributed by atoms with Gasteiger partial charge in [-0.3, -0.25) is 0 Å². The molecule has 0 atom stereocenters. The molecule has 112 valence electrons. The first-order valence-electron chi connectivity index (χ1n) is 6.91. The van der Waals surface area contributed by atoms with Crippen molar-refractivity contribution >= 4 is 33.1 Å². The Hall–Kier alpha value is 0.788. The standard InChI is InChI=1S/C6H19NSi2.C6H18OSi2/c2*1-8(2,3)7-9(4,5)6/h7H,1-6H3;1-6H3. The van der Waals surface area contributed by atoms with Crippen LogP contribution in [0, 0.1) is 0 Å². The van der Waals surface area contributed by atoms with Crippen LogP contribution in [0.3, 0.4) is 0 Å². The van der Waals surface area contributed by atoms with Gasteiger partial charge in [-0.15, -0.1) is 0 Å². The van der Waals surface area contributed by atoms with E-state index in [4.69, 9.17) is 4.12 Å². The minimum atomic E-state index is -1.23. The Labute approximate surface area is 120 Å². The third kappa shape index (κ3) is 25.6. The summed E-state index contributed by atoms with van der Waals surface area (Å²) in [5.74, 6) is 0. The molecule has 0 radical (unpaired) electrons. The summed E-state index contributed by atoms with van der Waals surface area (Å²) in [6.45, 7) is 27.6. The van der Waals surface area contributed by atoms with E-state index in [1.54, 1.807) is 0 Å². The molecule has 6 heteroatoms. The van der Waals surface area contributed by atoms with Gasteiger partial charge in [-0.2, -0.15) is 0 Å². The minimum Gasteiger partial charge on any atom is -0.456 e. The predicted octanol–water partition coefficient (Wildman–Crippen LogP) is 4.92. The fraction of sp³-hybridized carbons (Fsp3) is 1.00. The van der Waals surface area contributed by atoms with Crippen molar-refractivity contribution in [3.05, 3.63) is 0 Å². The van der Waals surface area contributed by atoms with Crippen molar-refractivity contribution in [2.75, 3.05) is 0 Å². The van der Waals surface area contributed by atoms with Gasteiger partial charge in [-0.25, -0.2) is 0 Å². The molecule has 0 unspecified atom stereocenters. The second-order valence-electron chi connectivity index (χ2n) is 8.95. The van der Waals surface area contributed by atoms with Crippen LogP contribution in [0.2, 0.25) is 78.6 Å². The summed E-state index contributed by atoms with van der Waals surface area (Å²) in [6, 6.07) is 0. The van der Waals surface area contributed by atoms with E-state index < -0.39 is 33.1 Å². The summed E-state index contributed by atoms with van der Waals surface area (Å²) < 4.78 is 9.64. The molecule has 18 heavy (non-hydrogen) atoms. The van der Waals surface area contributed by atoms with Crippen molar-refractivity contribution < 1.29 is 4.12 Å². The van der Waals surface area contributed by atoms with Crippen LogP contribution in [0.1, 0.15) is 0 Å². The van der Waals surface area contributed by atoms with Gasteiger partial charge in [0.2, 0.25) is 0 Å². The molecule has 0 aliphatic carbocycles. The lowest BCUT2D eigenvalue weighted by Gasteiger charge is -2.28. The third-order valence-electron chi connectivity index (χ3n) is 1.36. The predicted molar refractivity (Wildman–Crippen MR) is 97.6 cm³/mol. The van der Waals surface area contributed by atoms with E-state index in [1.807, 2.05) is 0 Å². The maximum atomic E-state index is 5.90. The smallest absolute Gasteiger partial charge is 0.170 e. The molecule has 0 rings (SSSR count). The number of hydrogen-bond donors (Lipinski definition) is 1. The van der Waals surface area contributed by atoms with E-state index in [0.717, 1.165) is 0 Å². The van der Waals surface area contributed by atoms with Crippen LogP contribution in [-0.2, 0) is 4.12 Å². The highest BCUT2D eigenvalue weighted by molar-refractivity contribution is 6.90. The first kappa shape index (κ1) is 21.1. The molecule has 0 aliphatic heterocycles. The monoisotopic (exact) mass is 323 g/mol. The van der Waals surface area contributed by atoms with Crippen molar-refractivity contribution in [2.45, 2.75) is 78.6 Å². The van der Waals surface area contributed by atoms with Crippen molar-refractivity contribution in [3.63, 3.8) is 0 Å². The molecule has 0 aromatic carbocycles. The van der Waals surface area contributed by atoms with Crippen LogP contribution < -0.4 is 4.65 Å². The zero-order valence-electron chi connectivity index (χ0n) is 14.9. The van der Waals surface area contributed by atoms with Crippen LogP contribution in [0.4, 0.5) is 0 Å². The summed E-state index contributed by atoms with van der Waals surface area (Å²) in [5.41, 5.74) is 0.